The molecule has 2 aliphatic heterocycles. The van der Waals surface area contributed by atoms with E-state index < -0.39 is 0 Å². The maximum Gasteiger partial charge on any atom is 0.411 e. The summed E-state index contributed by atoms with van der Waals surface area (Å²) < 4.78 is 11.2. The average molecular weight is 374 g/mol. The summed E-state index contributed by atoms with van der Waals surface area (Å²) in [6.45, 7) is 1.30. The molecule has 0 N–H and O–H groups in total. The summed E-state index contributed by atoms with van der Waals surface area (Å²) in [7, 11) is 0. The van der Waals surface area contributed by atoms with Crippen LogP contribution in [0.4, 0.5) is 4.79 Å². The molecule has 0 aromatic heterocycles. The van der Waals surface area contributed by atoms with Crippen LogP contribution in [0.15, 0.2) is 66.2 Å². The minimum absolute atomic E-state index is 0.000375. The summed E-state index contributed by atoms with van der Waals surface area (Å²) in [6, 6.07) is 19.4. The SMILES string of the molecule is N#Cc1ccc(CC2=CC3COCC(C2)N3C(=O)OCc2ccccc2)cc1. The largest absolute Gasteiger partial charge is 0.445 e. The predicted octanol–water partition coefficient (Wildman–Crippen LogP) is 3.84. The average Bonchev–Trinajstić information content (AvgIpc) is 2.73. The number of carbonyl (C=O) groups excluding carboxylic acids is 1. The highest BCUT2D eigenvalue weighted by Crippen LogP contribution is 2.29. The van der Waals surface area contributed by atoms with Crippen LogP contribution in [0.5, 0.6) is 0 Å². The van der Waals surface area contributed by atoms with E-state index in [-0.39, 0.29) is 24.8 Å². The van der Waals surface area contributed by atoms with Crippen LogP contribution in [0.3, 0.4) is 0 Å². The van der Waals surface area contributed by atoms with Gasteiger partial charge in [-0.3, -0.25) is 4.90 Å². The van der Waals surface area contributed by atoms with Crippen LogP contribution in [-0.2, 0) is 22.5 Å². The van der Waals surface area contributed by atoms with E-state index in [1.54, 1.807) is 0 Å². The summed E-state index contributed by atoms with van der Waals surface area (Å²) in [5.74, 6) is 0. The standard InChI is InChI=1S/C23H22N2O3/c24-13-18-8-6-17(7-9-18)10-20-11-21-15-27-16-22(12-20)25(21)23(26)28-14-19-4-2-1-3-5-19/h1-9,11,21-22H,10,12,14-16H2. The van der Waals surface area contributed by atoms with Gasteiger partial charge in [0.15, 0.2) is 0 Å². The third-order valence-corrected chi connectivity index (χ3v) is 5.21. The van der Waals surface area contributed by atoms with Gasteiger partial charge in [-0.25, -0.2) is 4.79 Å². The number of amides is 1. The molecule has 0 saturated carbocycles. The molecule has 5 nitrogen and oxygen atoms in total. The molecule has 1 amide bonds. The molecule has 1 fully saturated rings. The second kappa shape index (κ2) is 8.28. The normalized spacial score (nSPS) is 20.8. The van der Waals surface area contributed by atoms with E-state index in [9.17, 15) is 4.79 Å². The van der Waals surface area contributed by atoms with Gasteiger partial charge >= 0.3 is 6.09 Å². The van der Waals surface area contributed by atoms with E-state index in [1.165, 1.54) is 11.1 Å². The molecule has 2 unspecified atom stereocenters. The number of hydrogen-bond acceptors (Lipinski definition) is 4. The van der Waals surface area contributed by atoms with Crippen molar-refractivity contribution in [3.05, 3.63) is 82.9 Å². The Hall–Kier alpha value is -3.10. The molecule has 2 aliphatic rings. The van der Waals surface area contributed by atoms with Crippen LogP contribution >= 0.6 is 0 Å². The van der Waals surface area contributed by atoms with Crippen LogP contribution in [0.1, 0.15) is 23.1 Å². The Bertz CT molecular complexity index is 900. The molecule has 2 atom stereocenters. The van der Waals surface area contributed by atoms with Crippen molar-refractivity contribution in [2.45, 2.75) is 31.5 Å². The van der Waals surface area contributed by atoms with Gasteiger partial charge in [-0.05, 0) is 36.1 Å². The molecule has 142 valence electrons. The minimum Gasteiger partial charge on any atom is -0.445 e. The molecule has 2 heterocycles. The highest BCUT2D eigenvalue weighted by molar-refractivity contribution is 5.69. The third kappa shape index (κ3) is 4.08. The van der Waals surface area contributed by atoms with Gasteiger partial charge in [0.2, 0.25) is 0 Å². The Morgan fingerprint density at radius 3 is 2.61 bits per heavy atom. The zero-order valence-corrected chi connectivity index (χ0v) is 15.6. The molecule has 28 heavy (non-hydrogen) atoms. The summed E-state index contributed by atoms with van der Waals surface area (Å²) in [5, 5.41) is 8.93. The Morgan fingerprint density at radius 2 is 1.89 bits per heavy atom. The van der Waals surface area contributed by atoms with Gasteiger partial charge < -0.3 is 9.47 Å². The van der Waals surface area contributed by atoms with Gasteiger partial charge in [0.05, 0.1) is 36.9 Å². The Labute approximate surface area is 164 Å². The quantitative estimate of drug-likeness (QED) is 0.763. The fourth-order valence-electron chi connectivity index (χ4n) is 3.85. The summed E-state index contributed by atoms with van der Waals surface area (Å²) in [6.07, 6.45) is 3.45. The maximum atomic E-state index is 12.7. The molecule has 0 radical (unpaired) electrons. The molecule has 1 saturated heterocycles. The fourth-order valence-corrected chi connectivity index (χ4v) is 3.85. The van der Waals surface area contributed by atoms with Crippen LogP contribution in [0.25, 0.3) is 0 Å². The van der Waals surface area contributed by atoms with Crippen LogP contribution < -0.4 is 0 Å². The topological polar surface area (TPSA) is 62.6 Å². The third-order valence-electron chi connectivity index (χ3n) is 5.21. The summed E-state index contributed by atoms with van der Waals surface area (Å²) in [5.41, 5.74) is 4.12. The van der Waals surface area contributed by atoms with E-state index in [1.807, 2.05) is 59.5 Å². The number of hydrogen-bond donors (Lipinski definition) is 0. The van der Waals surface area contributed by atoms with Gasteiger partial charge in [-0.15, -0.1) is 0 Å². The number of benzene rings is 2. The number of ether oxygens (including phenoxy) is 2. The van der Waals surface area contributed by atoms with Gasteiger partial charge in [-0.2, -0.15) is 5.26 Å². The molecular formula is C23H22N2O3. The number of carbonyl (C=O) groups is 1. The monoisotopic (exact) mass is 374 g/mol. The molecule has 0 spiro atoms. The zero-order valence-electron chi connectivity index (χ0n) is 15.6. The Kier molecular flexibility index (Phi) is 5.41. The van der Waals surface area contributed by atoms with Gasteiger partial charge in [0.25, 0.3) is 0 Å². The van der Waals surface area contributed by atoms with Crippen LogP contribution in [0, 0.1) is 11.3 Å². The number of morpholine rings is 1. The molecule has 0 aliphatic carbocycles. The minimum atomic E-state index is -0.282. The van der Waals surface area contributed by atoms with Crippen molar-refractivity contribution in [1.82, 2.24) is 4.90 Å². The van der Waals surface area contributed by atoms with E-state index in [0.29, 0.717) is 18.8 Å². The van der Waals surface area contributed by atoms with Crippen molar-refractivity contribution < 1.29 is 14.3 Å². The highest BCUT2D eigenvalue weighted by Gasteiger charge is 2.38. The van der Waals surface area contributed by atoms with E-state index in [2.05, 4.69) is 12.1 Å². The maximum absolute atomic E-state index is 12.7. The summed E-state index contributed by atoms with van der Waals surface area (Å²) in [4.78, 5) is 14.5. The number of nitrogens with zero attached hydrogens (tertiary/aromatic N) is 2. The fraction of sp³-hybridized carbons (Fsp3) is 0.304. The predicted molar refractivity (Wildman–Crippen MR) is 104 cm³/mol. The summed E-state index contributed by atoms with van der Waals surface area (Å²) >= 11 is 0. The van der Waals surface area contributed by atoms with Gasteiger partial charge in [0.1, 0.15) is 6.61 Å². The van der Waals surface area contributed by atoms with Gasteiger partial charge in [0, 0.05) is 0 Å². The van der Waals surface area contributed by atoms with Crippen molar-refractivity contribution >= 4 is 6.09 Å². The second-order valence-corrected chi connectivity index (χ2v) is 7.22. The number of fused-ring (bicyclic) bond motifs is 2. The van der Waals surface area contributed by atoms with Crippen molar-refractivity contribution in [2.24, 2.45) is 0 Å². The van der Waals surface area contributed by atoms with Crippen molar-refractivity contribution in [1.29, 1.82) is 5.26 Å². The zero-order chi connectivity index (χ0) is 19.3. The lowest BCUT2D eigenvalue weighted by molar-refractivity contribution is -0.0374. The molecule has 2 aromatic rings. The highest BCUT2D eigenvalue weighted by atomic mass is 16.6. The lowest BCUT2D eigenvalue weighted by Gasteiger charge is -2.43. The Balaban J connectivity index is 1.43. The van der Waals surface area contributed by atoms with Crippen molar-refractivity contribution in [3.8, 4) is 6.07 Å². The van der Waals surface area contributed by atoms with E-state index in [4.69, 9.17) is 14.7 Å². The number of rotatable bonds is 4. The first-order valence-corrected chi connectivity index (χ1v) is 9.48. The molecular weight excluding hydrogens is 352 g/mol. The first kappa shape index (κ1) is 18.3. The van der Waals surface area contributed by atoms with Crippen LogP contribution in [0.2, 0.25) is 0 Å². The smallest absolute Gasteiger partial charge is 0.411 e. The van der Waals surface area contributed by atoms with E-state index >= 15 is 0 Å². The van der Waals surface area contributed by atoms with Gasteiger partial charge in [-0.1, -0.05) is 54.1 Å². The van der Waals surface area contributed by atoms with E-state index in [0.717, 1.165) is 18.4 Å². The first-order valence-electron chi connectivity index (χ1n) is 9.48. The molecule has 2 bridgehead atoms. The second-order valence-electron chi connectivity index (χ2n) is 7.22. The van der Waals surface area contributed by atoms with Crippen molar-refractivity contribution in [2.75, 3.05) is 13.2 Å². The molecule has 5 heteroatoms. The first-order chi connectivity index (χ1) is 13.7. The lowest BCUT2D eigenvalue weighted by atomic mass is 9.90. The molecule has 2 aromatic carbocycles. The van der Waals surface area contributed by atoms with Crippen LogP contribution in [-0.4, -0.2) is 36.3 Å². The molecule has 4 rings (SSSR count). The number of nitriles is 1. The lowest BCUT2D eigenvalue weighted by Crippen LogP contribution is -2.56. The Morgan fingerprint density at radius 1 is 1.11 bits per heavy atom. The van der Waals surface area contributed by atoms with Crippen molar-refractivity contribution in [3.63, 3.8) is 0 Å².